The van der Waals surface area contributed by atoms with Gasteiger partial charge in [0.25, 0.3) is 11.6 Å². The first-order valence-electron chi connectivity index (χ1n) is 5.31. The summed E-state index contributed by atoms with van der Waals surface area (Å²) in [6.07, 6.45) is 1.15. The first kappa shape index (κ1) is 12.7. The Hall–Kier alpha value is -2.77. The molecule has 0 fully saturated rings. The molecule has 0 aromatic heterocycles. The number of ether oxygens (including phenoxy) is 2. The first-order chi connectivity index (χ1) is 9.08. The van der Waals surface area contributed by atoms with Crippen LogP contribution in [0.5, 0.6) is 5.75 Å². The number of hydrogen-bond donors (Lipinski definition) is 2. The molecule has 8 heteroatoms. The van der Waals surface area contributed by atoms with E-state index in [2.05, 4.69) is 5.32 Å². The number of rotatable bonds is 3. The van der Waals surface area contributed by atoms with Gasteiger partial charge in [-0.25, -0.2) is 0 Å². The van der Waals surface area contributed by atoms with E-state index in [1.54, 1.807) is 0 Å². The molecule has 2 rings (SSSR count). The molecule has 0 radical (unpaired) electrons. The van der Waals surface area contributed by atoms with Crippen molar-refractivity contribution in [2.75, 3.05) is 18.5 Å². The molecule has 0 aliphatic carbocycles. The number of phenolic OH excluding ortho intramolecular Hbond substituents is 1. The molecule has 19 heavy (non-hydrogen) atoms. The highest BCUT2D eigenvalue weighted by molar-refractivity contribution is 6.03. The summed E-state index contributed by atoms with van der Waals surface area (Å²) in [6, 6.07) is 3.31. The topological polar surface area (TPSA) is 111 Å². The van der Waals surface area contributed by atoms with Gasteiger partial charge < -0.3 is 19.9 Å². The van der Waals surface area contributed by atoms with Crippen LogP contribution in [0.4, 0.5) is 11.4 Å². The maximum absolute atomic E-state index is 11.7. The Labute approximate surface area is 107 Å². The molecule has 0 spiro atoms. The summed E-state index contributed by atoms with van der Waals surface area (Å²) in [5.41, 5.74) is -0.322. The fourth-order valence-corrected chi connectivity index (χ4v) is 1.41. The van der Waals surface area contributed by atoms with Gasteiger partial charge in [0.2, 0.25) is 5.76 Å². The summed E-state index contributed by atoms with van der Waals surface area (Å²) < 4.78 is 9.95. The van der Waals surface area contributed by atoms with E-state index < -0.39 is 10.8 Å². The Kier molecular flexibility index (Phi) is 3.51. The normalized spacial score (nSPS) is 13.8. The second-order valence-corrected chi connectivity index (χ2v) is 3.61. The Morgan fingerprint density at radius 3 is 2.84 bits per heavy atom. The molecular weight excluding hydrogens is 256 g/mol. The van der Waals surface area contributed by atoms with Gasteiger partial charge >= 0.3 is 0 Å². The lowest BCUT2D eigenvalue weighted by molar-refractivity contribution is -0.384. The number of carbonyl (C=O) groups is 1. The van der Waals surface area contributed by atoms with Gasteiger partial charge in [-0.1, -0.05) is 0 Å². The van der Waals surface area contributed by atoms with Crippen molar-refractivity contribution in [2.45, 2.75) is 0 Å². The van der Waals surface area contributed by atoms with E-state index in [1.807, 2.05) is 0 Å². The lowest BCUT2D eigenvalue weighted by Gasteiger charge is -2.15. The number of nitrogens with one attached hydrogen (secondary N) is 1. The maximum Gasteiger partial charge on any atom is 0.294 e. The molecule has 0 saturated carbocycles. The molecule has 1 aliphatic rings. The second-order valence-electron chi connectivity index (χ2n) is 3.61. The Morgan fingerprint density at radius 2 is 2.21 bits per heavy atom. The van der Waals surface area contributed by atoms with Crippen molar-refractivity contribution in [3.05, 3.63) is 40.3 Å². The molecule has 0 bridgehead atoms. The van der Waals surface area contributed by atoms with Gasteiger partial charge in [-0.3, -0.25) is 14.9 Å². The van der Waals surface area contributed by atoms with E-state index in [0.717, 1.165) is 24.5 Å². The van der Waals surface area contributed by atoms with Gasteiger partial charge in [-0.2, -0.15) is 0 Å². The predicted octanol–water partition coefficient (Wildman–Crippen LogP) is 1.13. The zero-order valence-electron chi connectivity index (χ0n) is 9.66. The van der Waals surface area contributed by atoms with Crippen LogP contribution in [0, 0.1) is 10.1 Å². The van der Waals surface area contributed by atoms with Crippen LogP contribution < -0.4 is 5.32 Å². The van der Waals surface area contributed by atoms with Gasteiger partial charge in [-0.15, -0.1) is 0 Å². The standard InChI is InChI=1S/C11H10N2O6/c14-9-2-1-7(13(16)17)5-8(9)12-11(15)10-6-18-3-4-19-10/h1-2,5-6,14H,3-4H2,(H,12,15). The highest BCUT2D eigenvalue weighted by atomic mass is 16.6. The Balaban J connectivity index is 2.18. The minimum atomic E-state index is -0.657. The van der Waals surface area contributed by atoms with Gasteiger partial charge in [0, 0.05) is 12.1 Å². The molecule has 1 amide bonds. The lowest BCUT2D eigenvalue weighted by atomic mass is 10.2. The Bertz CT molecular complexity index is 554. The molecule has 0 atom stereocenters. The third-order valence-corrected chi connectivity index (χ3v) is 2.31. The summed E-state index contributed by atoms with van der Waals surface area (Å²) >= 11 is 0. The number of nitro benzene ring substituents is 1. The number of aromatic hydroxyl groups is 1. The molecule has 2 N–H and O–H groups in total. The summed E-state index contributed by atoms with van der Waals surface area (Å²) in [4.78, 5) is 21.7. The number of nitro groups is 1. The van der Waals surface area contributed by atoms with Crippen molar-refractivity contribution in [3.8, 4) is 5.75 Å². The summed E-state index contributed by atoms with van der Waals surface area (Å²) in [5, 5.41) is 22.5. The van der Waals surface area contributed by atoms with E-state index >= 15 is 0 Å². The smallest absolute Gasteiger partial charge is 0.294 e. The summed E-state index contributed by atoms with van der Waals surface area (Å²) in [7, 11) is 0. The predicted molar refractivity (Wildman–Crippen MR) is 63.4 cm³/mol. The number of hydrogen-bond acceptors (Lipinski definition) is 6. The number of anilines is 1. The average Bonchev–Trinajstić information content (AvgIpc) is 2.42. The van der Waals surface area contributed by atoms with Crippen LogP contribution in [0.1, 0.15) is 0 Å². The minimum Gasteiger partial charge on any atom is -0.506 e. The number of benzene rings is 1. The minimum absolute atomic E-state index is 0.0582. The fourth-order valence-electron chi connectivity index (χ4n) is 1.41. The molecule has 100 valence electrons. The van der Waals surface area contributed by atoms with Crippen LogP contribution >= 0.6 is 0 Å². The molecule has 1 aromatic rings. The van der Waals surface area contributed by atoms with Crippen molar-refractivity contribution in [1.29, 1.82) is 0 Å². The first-order valence-corrected chi connectivity index (χ1v) is 5.31. The monoisotopic (exact) mass is 266 g/mol. The van der Waals surface area contributed by atoms with Crippen LogP contribution in [0.15, 0.2) is 30.2 Å². The summed E-state index contributed by atoms with van der Waals surface area (Å²) in [6.45, 7) is 0.582. The highest BCUT2D eigenvalue weighted by Gasteiger charge is 2.18. The van der Waals surface area contributed by atoms with Crippen LogP contribution in [0.3, 0.4) is 0 Å². The maximum atomic E-state index is 11.7. The van der Waals surface area contributed by atoms with E-state index in [-0.39, 0.29) is 29.5 Å². The van der Waals surface area contributed by atoms with Gasteiger partial charge in [0.15, 0.2) is 0 Å². The SMILES string of the molecule is O=C(Nc1cc([N+](=O)[O-])ccc1O)C1=COCCO1. The van der Waals surface area contributed by atoms with Gasteiger partial charge in [-0.05, 0) is 6.07 Å². The fraction of sp³-hybridized carbons (Fsp3) is 0.182. The van der Waals surface area contributed by atoms with Crippen LogP contribution in [0.2, 0.25) is 0 Å². The lowest BCUT2D eigenvalue weighted by Crippen LogP contribution is -2.21. The molecule has 1 aliphatic heterocycles. The quantitative estimate of drug-likeness (QED) is 0.482. The van der Waals surface area contributed by atoms with Crippen molar-refractivity contribution in [1.82, 2.24) is 0 Å². The van der Waals surface area contributed by atoms with Crippen molar-refractivity contribution in [2.24, 2.45) is 0 Å². The molecule has 0 saturated heterocycles. The van der Waals surface area contributed by atoms with E-state index in [9.17, 15) is 20.0 Å². The molecular formula is C11H10N2O6. The van der Waals surface area contributed by atoms with E-state index in [0.29, 0.717) is 6.61 Å². The molecule has 8 nitrogen and oxygen atoms in total. The third-order valence-electron chi connectivity index (χ3n) is 2.31. The van der Waals surface area contributed by atoms with Crippen LogP contribution in [0.25, 0.3) is 0 Å². The number of nitrogens with zero attached hydrogens (tertiary/aromatic N) is 1. The average molecular weight is 266 g/mol. The van der Waals surface area contributed by atoms with Crippen LogP contribution in [-0.2, 0) is 14.3 Å². The number of carbonyl (C=O) groups excluding carboxylic acids is 1. The van der Waals surface area contributed by atoms with E-state index in [1.165, 1.54) is 0 Å². The number of amides is 1. The van der Waals surface area contributed by atoms with Gasteiger partial charge in [0.1, 0.15) is 25.2 Å². The summed E-state index contributed by atoms with van der Waals surface area (Å²) in [5.74, 6) is -0.996. The molecule has 1 aromatic carbocycles. The number of non-ortho nitro benzene ring substituents is 1. The zero-order chi connectivity index (χ0) is 13.8. The molecule has 0 unspecified atom stereocenters. The van der Waals surface area contributed by atoms with E-state index in [4.69, 9.17) is 9.47 Å². The van der Waals surface area contributed by atoms with Gasteiger partial charge in [0.05, 0.1) is 10.6 Å². The highest BCUT2D eigenvalue weighted by Crippen LogP contribution is 2.28. The second kappa shape index (κ2) is 5.25. The van der Waals surface area contributed by atoms with Crippen molar-refractivity contribution < 1.29 is 24.3 Å². The van der Waals surface area contributed by atoms with Crippen molar-refractivity contribution in [3.63, 3.8) is 0 Å². The largest absolute Gasteiger partial charge is 0.506 e. The number of phenols is 1. The third kappa shape index (κ3) is 2.92. The molecule has 1 heterocycles. The Morgan fingerprint density at radius 1 is 1.42 bits per heavy atom. The zero-order valence-corrected chi connectivity index (χ0v) is 9.66. The van der Waals surface area contributed by atoms with Crippen molar-refractivity contribution >= 4 is 17.3 Å². The van der Waals surface area contributed by atoms with Crippen LogP contribution in [-0.4, -0.2) is 29.2 Å².